The number of halogens is 1. The Morgan fingerprint density at radius 1 is 1.46 bits per heavy atom. The highest BCUT2D eigenvalue weighted by Crippen LogP contribution is 2.06. The van der Waals surface area contributed by atoms with Crippen LogP contribution in [-0.4, -0.2) is 17.4 Å². The van der Waals surface area contributed by atoms with Crippen molar-refractivity contribution in [2.45, 2.75) is 50.8 Å². The average molecular weight is 251 g/mol. The summed E-state index contributed by atoms with van der Waals surface area (Å²) in [4.78, 5) is 11.5. The van der Waals surface area contributed by atoms with Crippen LogP contribution in [0.4, 0.5) is 0 Å². The van der Waals surface area contributed by atoms with Gasteiger partial charge in [0.25, 0.3) is 0 Å². The first-order chi connectivity index (χ1) is 6.16. The van der Waals surface area contributed by atoms with Crippen molar-refractivity contribution >= 4 is 21.9 Å². The van der Waals surface area contributed by atoms with Crippen LogP contribution in [0.2, 0.25) is 0 Å². The predicted octanol–water partition coefficient (Wildman–Crippen LogP) is 3.28. The summed E-state index contributed by atoms with van der Waals surface area (Å²) < 4.78 is 5.03. The van der Waals surface area contributed by atoms with Crippen molar-refractivity contribution in [3.8, 4) is 0 Å². The molecule has 0 heterocycles. The number of ether oxygens (including phenoxy) is 1. The molecule has 0 aromatic rings. The van der Waals surface area contributed by atoms with E-state index in [1.54, 1.807) is 0 Å². The molecule has 3 heteroatoms. The van der Waals surface area contributed by atoms with Crippen LogP contribution in [0, 0.1) is 0 Å². The summed E-state index contributed by atoms with van der Waals surface area (Å²) in [5.41, 5.74) is 0. The molecule has 0 saturated heterocycles. The topological polar surface area (TPSA) is 26.3 Å². The van der Waals surface area contributed by atoms with Gasteiger partial charge in [-0.25, -0.2) is 0 Å². The number of rotatable bonds is 7. The number of unbranched alkanes of at least 4 members (excludes halogenated alkanes) is 1. The molecule has 1 unspecified atom stereocenters. The van der Waals surface area contributed by atoms with Crippen LogP contribution >= 0.6 is 15.9 Å². The maximum atomic E-state index is 11.0. The van der Waals surface area contributed by atoms with Crippen LogP contribution in [0.3, 0.4) is 0 Å². The van der Waals surface area contributed by atoms with Crippen LogP contribution in [0.25, 0.3) is 0 Å². The first kappa shape index (κ1) is 12.9. The molecule has 13 heavy (non-hydrogen) atoms. The van der Waals surface area contributed by atoms with Gasteiger partial charge in [-0.05, 0) is 19.3 Å². The molecule has 0 bridgehead atoms. The zero-order chi connectivity index (χ0) is 10.1. The zero-order valence-electron chi connectivity index (χ0n) is 8.51. The van der Waals surface area contributed by atoms with E-state index in [1.807, 2.05) is 0 Å². The van der Waals surface area contributed by atoms with Crippen molar-refractivity contribution < 1.29 is 9.53 Å². The Bertz CT molecular complexity index is 135. The Morgan fingerprint density at radius 2 is 2.15 bits per heavy atom. The third-order valence-electron chi connectivity index (χ3n) is 1.74. The second kappa shape index (κ2) is 8.54. The second-order valence-corrected chi connectivity index (χ2v) is 4.81. The summed E-state index contributed by atoms with van der Waals surface area (Å²) in [6.45, 7) is 4.73. The van der Waals surface area contributed by atoms with Gasteiger partial charge in [0.05, 0.1) is 6.61 Å². The summed E-state index contributed by atoms with van der Waals surface area (Å²) in [6.07, 6.45) is 4.56. The molecule has 0 aliphatic carbocycles. The Kier molecular flexibility index (Phi) is 8.51. The minimum Gasteiger partial charge on any atom is -0.466 e. The largest absolute Gasteiger partial charge is 0.466 e. The van der Waals surface area contributed by atoms with Gasteiger partial charge in [-0.2, -0.15) is 0 Å². The number of esters is 1. The molecule has 0 fully saturated rings. The normalized spacial score (nSPS) is 12.5. The Morgan fingerprint density at radius 3 is 2.69 bits per heavy atom. The number of alkyl halides is 1. The Hall–Kier alpha value is -0.0500. The number of carbonyl (C=O) groups is 1. The van der Waals surface area contributed by atoms with E-state index in [1.165, 1.54) is 0 Å². The molecule has 0 aliphatic rings. The monoisotopic (exact) mass is 250 g/mol. The first-order valence-corrected chi connectivity index (χ1v) is 5.88. The fourth-order valence-corrected chi connectivity index (χ4v) is 1.27. The van der Waals surface area contributed by atoms with Crippen LogP contribution in [-0.2, 0) is 9.53 Å². The number of hydrogen-bond acceptors (Lipinski definition) is 2. The summed E-state index contributed by atoms with van der Waals surface area (Å²) >= 11 is 3.44. The molecule has 0 aliphatic heterocycles. The first-order valence-electron chi connectivity index (χ1n) is 4.96. The maximum Gasteiger partial charge on any atom is 0.305 e. The van der Waals surface area contributed by atoms with Crippen molar-refractivity contribution in [3.05, 3.63) is 0 Å². The minimum absolute atomic E-state index is 0.0518. The fraction of sp³-hybridized carbons (Fsp3) is 0.900. The molecule has 0 rings (SSSR count). The molecule has 0 aromatic carbocycles. The third kappa shape index (κ3) is 9.87. The molecule has 0 spiro atoms. The summed E-state index contributed by atoms with van der Waals surface area (Å²) in [5.74, 6) is -0.0518. The smallest absolute Gasteiger partial charge is 0.305 e. The van der Waals surface area contributed by atoms with E-state index < -0.39 is 0 Å². The number of carbonyl (C=O) groups excluding carboxylic acids is 1. The lowest BCUT2D eigenvalue weighted by atomic mass is 10.2. The lowest BCUT2D eigenvalue weighted by Crippen LogP contribution is -2.06. The molecule has 0 N–H and O–H groups in total. The molecule has 0 aromatic heterocycles. The molecule has 0 radical (unpaired) electrons. The van der Waals surface area contributed by atoms with Gasteiger partial charge in [0.1, 0.15) is 0 Å². The second-order valence-electron chi connectivity index (χ2n) is 3.25. The van der Waals surface area contributed by atoms with Crippen molar-refractivity contribution in [2.75, 3.05) is 6.61 Å². The van der Waals surface area contributed by atoms with E-state index in [9.17, 15) is 4.79 Å². The van der Waals surface area contributed by atoms with E-state index in [0.29, 0.717) is 17.9 Å². The van der Waals surface area contributed by atoms with Gasteiger partial charge >= 0.3 is 5.97 Å². The third-order valence-corrected chi connectivity index (χ3v) is 2.20. The Balaban J connectivity index is 3.17. The highest BCUT2D eigenvalue weighted by Gasteiger charge is 2.01. The van der Waals surface area contributed by atoms with Crippen molar-refractivity contribution in [2.24, 2.45) is 0 Å². The summed E-state index contributed by atoms with van der Waals surface area (Å²) in [5, 5.41) is 0. The zero-order valence-corrected chi connectivity index (χ0v) is 10.1. The van der Waals surface area contributed by atoms with Crippen molar-refractivity contribution in [1.29, 1.82) is 0 Å². The quantitative estimate of drug-likeness (QED) is 0.394. The highest BCUT2D eigenvalue weighted by molar-refractivity contribution is 9.09. The molecular weight excluding hydrogens is 232 g/mol. The lowest BCUT2D eigenvalue weighted by Gasteiger charge is -2.05. The maximum absolute atomic E-state index is 11.0. The highest BCUT2D eigenvalue weighted by atomic mass is 79.9. The average Bonchev–Trinajstić information content (AvgIpc) is 2.08. The van der Waals surface area contributed by atoms with E-state index in [0.717, 1.165) is 25.7 Å². The van der Waals surface area contributed by atoms with Gasteiger partial charge in [-0.1, -0.05) is 36.2 Å². The molecule has 78 valence electrons. The molecule has 2 nitrogen and oxygen atoms in total. The summed E-state index contributed by atoms with van der Waals surface area (Å²) in [7, 11) is 0. The minimum atomic E-state index is -0.0518. The van der Waals surface area contributed by atoms with Gasteiger partial charge in [-0.3, -0.25) is 4.79 Å². The van der Waals surface area contributed by atoms with Gasteiger partial charge in [0.15, 0.2) is 0 Å². The SMILES string of the molecule is CCCCC(=O)OCCCC(C)Br. The van der Waals surface area contributed by atoms with Gasteiger partial charge in [0.2, 0.25) is 0 Å². The predicted molar refractivity (Wildman–Crippen MR) is 58.1 cm³/mol. The van der Waals surface area contributed by atoms with Crippen LogP contribution < -0.4 is 0 Å². The summed E-state index contributed by atoms with van der Waals surface area (Å²) in [6, 6.07) is 0. The van der Waals surface area contributed by atoms with Crippen LogP contribution in [0.15, 0.2) is 0 Å². The molecule has 1 atom stereocenters. The van der Waals surface area contributed by atoms with E-state index in [-0.39, 0.29) is 5.97 Å². The van der Waals surface area contributed by atoms with E-state index in [4.69, 9.17) is 4.74 Å². The molecule has 0 amide bonds. The van der Waals surface area contributed by atoms with Crippen LogP contribution in [0.1, 0.15) is 46.0 Å². The van der Waals surface area contributed by atoms with E-state index >= 15 is 0 Å². The molecule has 0 saturated carbocycles. The lowest BCUT2D eigenvalue weighted by molar-refractivity contribution is -0.143. The Labute approximate surface area is 89.2 Å². The van der Waals surface area contributed by atoms with Gasteiger partial charge in [-0.15, -0.1) is 0 Å². The van der Waals surface area contributed by atoms with Gasteiger partial charge in [0, 0.05) is 11.2 Å². The number of hydrogen-bond donors (Lipinski definition) is 0. The van der Waals surface area contributed by atoms with Crippen molar-refractivity contribution in [1.82, 2.24) is 0 Å². The van der Waals surface area contributed by atoms with Crippen LogP contribution in [0.5, 0.6) is 0 Å². The van der Waals surface area contributed by atoms with E-state index in [2.05, 4.69) is 29.8 Å². The molecular formula is C10H19BrO2. The standard InChI is InChI=1S/C10H19BrO2/c1-3-4-7-10(12)13-8-5-6-9(2)11/h9H,3-8H2,1-2H3. The fourth-order valence-electron chi connectivity index (χ4n) is 0.944. The van der Waals surface area contributed by atoms with Crippen molar-refractivity contribution in [3.63, 3.8) is 0 Å². The van der Waals surface area contributed by atoms with Gasteiger partial charge < -0.3 is 4.74 Å².